The van der Waals surface area contributed by atoms with Crippen molar-refractivity contribution in [2.24, 2.45) is 0 Å². The van der Waals surface area contributed by atoms with Crippen LogP contribution in [0.2, 0.25) is 0 Å². The number of amides is 1. The fraction of sp³-hybridized carbons (Fsp3) is 0.700. The van der Waals surface area contributed by atoms with E-state index in [1.807, 2.05) is 32.9 Å². The Morgan fingerprint density at radius 2 is 2.29 bits per heavy atom. The number of carbonyl (C=O) groups excluding carboxylic acids is 1. The van der Waals surface area contributed by atoms with E-state index in [2.05, 4.69) is 0 Å². The van der Waals surface area contributed by atoms with Crippen molar-refractivity contribution in [3.05, 3.63) is 12.2 Å². The van der Waals surface area contributed by atoms with Crippen molar-refractivity contribution in [3.63, 3.8) is 0 Å². The molecule has 0 radical (unpaired) electrons. The van der Waals surface area contributed by atoms with E-state index in [0.717, 1.165) is 0 Å². The summed E-state index contributed by atoms with van der Waals surface area (Å²) in [7, 11) is 0. The van der Waals surface area contributed by atoms with Crippen LogP contribution >= 0.6 is 0 Å². The molecule has 4 heteroatoms. The zero-order valence-electron chi connectivity index (χ0n) is 8.86. The number of hydrogen-bond donors (Lipinski definition) is 1. The molecule has 0 saturated heterocycles. The first-order valence-electron chi connectivity index (χ1n) is 4.71. The predicted octanol–water partition coefficient (Wildman–Crippen LogP) is 1.15. The lowest BCUT2D eigenvalue weighted by Crippen LogP contribution is -2.41. The third-order valence-electron chi connectivity index (χ3n) is 1.88. The van der Waals surface area contributed by atoms with E-state index in [-0.39, 0.29) is 18.7 Å². The molecule has 1 N–H and O–H groups in total. The maximum Gasteiger partial charge on any atom is 0.411 e. The molecule has 0 aromatic heterocycles. The molecule has 0 bridgehead atoms. The molecular weight excluding hydrogens is 182 g/mol. The Morgan fingerprint density at radius 3 is 2.79 bits per heavy atom. The molecule has 0 unspecified atom stereocenters. The van der Waals surface area contributed by atoms with Gasteiger partial charge in [0.2, 0.25) is 0 Å². The number of hydrogen-bond acceptors (Lipinski definition) is 3. The number of aliphatic hydroxyl groups excluding tert-OH is 1. The first-order chi connectivity index (χ1) is 6.44. The van der Waals surface area contributed by atoms with Gasteiger partial charge in [0.05, 0.1) is 12.6 Å². The number of nitrogens with zero attached hydrogens (tertiary/aromatic N) is 1. The molecule has 1 rings (SSSR count). The molecule has 1 aliphatic heterocycles. The second kappa shape index (κ2) is 4.00. The average Bonchev–Trinajstić information content (AvgIpc) is 2.47. The van der Waals surface area contributed by atoms with Crippen molar-refractivity contribution in [1.82, 2.24) is 4.90 Å². The second-order valence-electron chi connectivity index (χ2n) is 4.31. The number of rotatable bonds is 1. The highest BCUT2D eigenvalue weighted by atomic mass is 16.6. The van der Waals surface area contributed by atoms with Crippen molar-refractivity contribution in [2.75, 3.05) is 13.2 Å². The van der Waals surface area contributed by atoms with E-state index < -0.39 is 5.60 Å². The molecule has 0 aromatic rings. The Balaban J connectivity index is 2.54. The van der Waals surface area contributed by atoms with Gasteiger partial charge in [-0.25, -0.2) is 4.79 Å². The molecule has 80 valence electrons. The van der Waals surface area contributed by atoms with Gasteiger partial charge in [0.15, 0.2) is 0 Å². The molecule has 0 fully saturated rings. The van der Waals surface area contributed by atoms with Crippen LogP contribution in [0.4, 0.5) is 4.79 Å². The molecule has 0 aromatic carbocycles. The number of carbonyl (C=O) groups is 1. The largest absolute Gasteiger partial charge is 0.444 e. The van der Waals surface area contributed by atoms with Gasteiger partial charge >= 0.3 is 6.09 Å². The molecular formula is C10H17NO3. The highest BCUT2D eigenvalue weighted by molar-refractivity contribution is 5.69. The fourth-order valence-electron chi connectivity index (χ4n) is 1.26. The van der Waals surface area contributed by atoms with Crippen LogP contribution in [0.1, 0.15) is 20.8 Å². The zero-order valence-corrected chi connectivity index (χ0v) is 8.86. The lowest BCUT2D eigenvalue weighted by molar-refractivity contribution is 0.0198. The van der Waals surface area contributed by atoms with E-state index in [1.54, 1.807) is 0 Å². The van der Waals surface area contributed by atoms with Crippen LogP contribution in [0.15, 0.2) is 12.2 Å². The van der Waals surface area contributed by atoms with E-state index >= 15 is 0 Å². The van der Waals surface area contributed by atoms with Gasteiger partial charge in [0.1, 0.15) is 5.60 Å². The van der Waals surface area contributed by atoms with E-state index in [4.69, 9.17) is 9.84 Å². The molecule has 14 heavy (non-hydrogen) atoms. The Hall–Kier alpha value is -1.03. The minimum Gasteiger partial charge on any atom is -0.444 e. The highest BCUT2D eigenvalue weighted by Gasteiger charge is 2.28. The summed E-state index contributed by atoms with van der Waals surface area (Å²) in [5.74, 6) is 0. The van der Waals surface area contributed by atoms with Crippen molar-refractivity contribution in [2.45, 2.75) is 32.4 Å². The Bertz CT molecular complexity index is 242. The number of ether oxygens (including phenoxy) is 1. The van der Waals surface area contributed by atoms with Gasteiger partial charge < -0.3 is 9.84 Å². The van der Waals surface area contributed by atoms with Crippen LogP contribution in [-0.4, -0.2) is 40.9 Å². The summed E-state index contributed by atoms with van der Waals surface area (Å²) < 4.78 is 5.19. The normalized spacial score (nSPS) is 21.4. The van der Waals surface area contributed by atoms with Crippen LogP contribution in [0.5, 0.6) is 0 Å². The topological polar surface area (TPSA) is 49.8 Å². The summed E-state index contributed by atoms with van der Waals surface area (Å²) in [6, 6.07) is -0.232. The SMILES string of the molecule is CC(C)(C)OC(=O)N1CC=C[C@@H]1CO. The first-order valence-corrected chi connectivity index (χ1v) is 4.71. The molecule has 0 spiro atoms. The third kappa shape index (κ3) is 2.73. The van der Waals surface area contributed by atoms with Crippen LogP contribution < -0.4 is 0 Å². The summed E-state index contributed by atoms with van der Waals surface area (Å²) >= 11 is 0. The summed E-state index contributed by atoms with van der Waals surface area (Å²) in [6.45, 7) is 5.92. The van der Waals surface area contributed by atoms with E-state index in [1.165, 1.54) is 4.90 Å². The molecule has 1 atom stereocenters. The van der Waals surface area contributed by atoms with Crippen LogP contribution in [0.3, 0.4) is 0 Å². The van der Waals surface area contributed by atoms with Crippen LogP contribution in [0, 0.1) is 0 Å². The van der Waals surface area contributed by atoms with Crippen LogP contribution in [-0.2, 0) is 4.74 Å². The summed E-state index contributed by atoms with van der Waals surface area (Å²) in [5, 5.41) is 8.98. The highest BCUT2D eigenvalue weighted by Crippen LogP contribution is 2.15. The van der Waals surface area contributed by atoms with Crippen LogP contribution in [0.25, 0.3) is 0 Å². The minimum atomic E-state index is -0.486. The average molecular weight is 199 g/mol. The molecule has 1 aliphatic rings. The minimum absolute atomic E-state index is 0.0598. The molecule has 0 saturated carbocycles. The van der Waals surface area contributed by atoms with Crippen molar-refractivity contribution in [1.29, 1.82) is 0 Å². The zero-order chi connectivity index (χ0) is 10.8. The van der Waals surface area contributed by atoms with Gasteiger partial charge in [-0.3, -0.25) is 4.90 Å². The summed E-state index contributed by atoms with van der Waals surface area (Å²) in [4.78, 5) is 13.1. The Kier molecular flexibility index (Phi) is 3.16. The smallest absolute Gasteiger partial charge is 0.411 e. The van der Waals surface area contributed by atoms with E-state index in [9.17, 15) is 4.79 Å². The van der Waals surface area contributed by atoms with Gasteiger partial charge in [0.25, 0.3) is 0 Å². The Labute approximate surface area is 84.2 Å². The summed E-state index contributed by atoms with van der Waals surface area (Å²) in [6.07, 6.45) is 3.29. The van der Waals surface area contributed by atoms with Crippen molar-refractivity contribution < 1.29 is 14.6 Å². The lowest BCUT2D eigenvalue weighted by atomic mass is 10.2. The summed E-state index contributed by atoms with van der Waals surface area (Å²) in [5.41, 5.74) is -0.486. The van der Waals surface area contributed by atoms with Gasteiger partial charge in [-0.2, -0.15) is 0 Å². The molecule has 1 amide bonds. The van der Waals surface area contributed by atoms with Gasteiger partial charge in [0, 0.05) is 6.54 Å². The Morgan fingerprint density at radius 1 is 1.64 bits per heavy atom. The van der Waals surface area contributed by atoms with Gasteiger partial charge in [-0.1, -0.05) is 12.2 Å². The van der Waals surface area contributed by atoms with Gasteiger partial charge in [-0.15, -0.1) is 0 Å². The molecule has 1 heterocycles. The third-order valence-corrected chi connectivity index (χ3v) is 1.88. The second-order valence-corrected chi connectivity index (χ2v) is 4.31. The van der Waals surface area contributed by atoms with Crippen molar-refractivity contribution in [3.8, 4) is 0 Å². The first kappa shape index (κ1) is 11.0. The predicted molar refractivity (Wildman–Crippen MR) is 53.0 cm³/mol. The lowest BCUT2D eigenvalue weighted by Gasteiger charge is -2.27. The molecule has 4 nitrogen and oxygen atoms in total. The monoisotopic (exact) mass is 199 g/mol. The van der Waals surface area contributed by atoms with E-state index in [0.29, 0.717) is 6.54 Å². The standard InChI is InChI=1S/C10H17NO3/c1-10(2,3)14-9(13)11-6-4-5-8(11)7-12/h4-5,8,12H,6-7H2,1-3H3/t8-/m1/s1. The quantitative estimate of drug-likeness (QED) is 0.644. The van der Waals surface area contributed by atoms with Gasteiger partial charge in [-0.05, 0) is 20.8 Å². The maximum absolute atomic E-state index is 11.6. The molecule has 0 aliphatic carbocycles. The number of aliphatic hydroxyl groups is 1. The maximum atomic E-state index is 11.6. The fourth-order valence-corrected chi connectivity index (χ4v) is 1.26. The van der Waals surface area contributed by atoms with Crippen molar-refractivity contribution >= 4 is 6.09 Å².